The number of likely N-dealkylation sites (tertiary alicyclic amines) is 1. The number of benzene rings is 1. The molecule has 0 saturated carbocycles. The lowest BCUT2D eigenvalue weighted by Crippen LogP contribution is -2.40. The van der Waals surface area contributed by atoms with Crippen LogP contribution in [0, 0.1) is 11.3 Å². The third-order valence-electron chi connectivity index (χ3n) is 5.26. The van der Waals surface area contributed by atoms with Crippen molar-refractivity contribution in [2.75, 3.05) is 13.1 Å². The summed E-state index contributed by atoms with van der Waals surface area (Å²) in [7, 11) is 0. The van der Waals surface area contributed by atoms with Crippen molar-refractivity contribution in [3.05, 3.63) is 54.1 Å². The Morgan fingerprint density at radius 1 is 1.16 bits per heavy atom. The molecule has 4 rings (SSSR count). The Kier molecular flexibility index (Phi) is 6.35. The van der Waals surface area contributed by atoms with Gasteiger partial charge < -0.3 is 14.4 Å². The van der Waals surface area contributed by atoms with Gasteiger partial charge in [0.25, 0.3) is 0 Å². The summed E-state index contributed by atoms with van der Waals surface area (Å²) in [6.45, 7) is 5.06. The second-order valence-corrected chi connectivity index (χ2v) is 7.83. The highest BCUT2D eigenvalue weighted by Gasteiger charge is 2.27. The molecule has 1 aliphatic heterocycles. The average Bonchev–Trinajstić information content (AvgIpc) is 3.48. The van der Waals surface area contributed by atoms with Crippen molar-refractivity contribution in [3.63, 3.8) is 0 Å². The number of carbonyl (C=O) groups is 1. The summed E-state index contributed by atoms with van der Waals surface area (Å²) < 4.78 is 12.9. The molecule has 1 aliphatic rings. The number of aromatic nitrogens is 5. The second kappa shape index (κ2) is 9.51. The van der Waals surface area contributed by atoms with Gasteiger partial charge >= 0.3 is 6.09 Å². The van der Waals surface area contributed by atoms with E-state index in [0.717, 1.165) is 11.3 Å². The SMILES string of the molecule is CC(C)OC(=O)N1CCC(n2ncc(COc3ccc(-n4nccn4)cc3)c2C#N)CC1. The van der Waals surface area contributed by atoms with Crippen molar-refractivity contribution in [3.8, 4) is 17.5 Å². The molecule has 0 unspecified atom stereocenters. The molecular weight excluding hydrogens is 410 g/mol. The molecule has 3 heterocycles. The van der Waals surface area contributed by atoms with Gasteiger partial charge in [0, 0.05) is 18.7 Å². The van der Waals surface area contributed by atoms with Gasteiger partial charge in [-0.2, -0.15) is 25.4 Å². The van der Waals surface area contributed by atoms with E-state index < -0.39 is 0 Å². The van der Waals surface area contributed by atoms with Crippen LogP contribution in [0.15, 0.2) is 42.9 Å². The maximum absolute atomic E-state index is 12.1. The van der Waals surface area contributed by atoms with E-state index in [-0.39, 0.29) is 24.8 Å². The number of piperidine rings is 1. The molecule has 0 atom stereocenters. The van der Waals surface area contributed by atoms with Crippen molar-refractivity contribution >= 4 is 6.09 Å². The molecule has 0 spiro atoms. The second-order valence-electron chi connectivity index (χ2n) is 7.83. The molecule has 1 fully saturated rings. The summed E-state index contributed by atoms with van der Waals surface area (Å²) in [6.07, 6.45) is 5.92. The average molecular weight is 435 g/mol. The van der Waals surface area contributed by atoms with Crippen LogP contribution in [0.25, 0.3) is 5.69 Å². The first-order valence-electron chi connectivity index (χ1n) is 10.6. The van der Waals surface area contributed by atoms with Crippen LogP contribution in [0.3, 0.4) is 0 Å². The Balaban J connectivity index is 1.36. The van der Waals surface area contributed by atoms with E-state index in [2.05, 4.69) is 21.4 Å². The standard InChI is InChI=1S/C22H25N7O3/c1-16(2)32-22(30)27-11-7-18(8-12-27)28-21(13-23)17(14-26-28)15-31-20-5-3-19(4-6-20)29-24-9-10-25-29/h3-6,9-10,14,16,18H,7-8,11-12,15H2,1-2H3. The molecule has 10 nitrogen and oxygen atoms in total. The van der Waals surface area contributed by atoms with E-state index >= 15 is 0 Å². The number of rotatable bonds is 6. The number of carbonyl (C=O) groups excluding carboxylic acids is 1. The van der Waals surface area contributed by atoms with Crippen LogP contribution in [-0.2, 0) is 11.3 Å². The Morgan fingerprint density at radius 2 is 1.84 bits per heavy atom. The monoisotopic (exact) mass is 435 g/mol. The molecule has 32 heavy (non-hydrogen) atoms. The van der Waals surface area contributed by atoms with Crippen LogP contribution in [-0.4, -0.2) is 55.0 Å². The number of hydrogen-bond donors (Lipinski definition) is 0. The van der Waals surface area contributed by atoms with Gasteiger partial charge in [0.2, 0.25) is 0 Å². The van der Waals surface area contributed by atoms with Crippen LogP contribution >= 0.6 is 0 Å². The van der Waals surface area contributed by atoms with E-state index in [0.29, 0.717) is 37.4 Å². The minimum absolute atomic E-state index is 0.0577. The molecule has 3 aromatic rings. The van der Waals surface area contributed by atoms with Crippen LogP contribution < -0.4 is 4.74 Å². The fourth-order valence-electron chi connectivity index (χ4n) is 3.66. The van der Waals surface area contributed by atoms with Gasteiger partial charge in [0.1, 0.15) is 24.1 Å². The molecule has 10 heteroatoms. The summed E-state index contributed by atoms with van der Waals surface area (Å²) in [6, 6.07) is 9.71. The zero-order chi connectivity index (χ0) is 22.5. The first-order valence-corrected chi connectivity index (χ1v) is 10.6. The highest BCUT2D eigenvalue weighted by molar-refractivity contribution is 5.67. The Labute approximate surface area is 185 Å². The minimum Gasteiger partial charge on any atom is -0.489 e. The largest absolute Gasteiger partial charge is 0.489 e. The molecule has 0 radical (unpaired) electrons. The van der Waals surface area contributed by atoms with Crippen LogP contribution in [0.2, 0.25) is 0 Å². The van der Waals surface area contributed by atoms with Gasteiger partial charge in [-0.3, -0.25) is 4.68 Å². The molecule has 2 aromatic heterocycles. The molecule has 0 aliphatic carbocycles. The highest BCUT2D eigenvalue weighted by Crippen LogP contribution is 2.26. The van der Waals surface area contributed by atoms with Gasteiger partial charge in [-0.05, 0) is 51.0 Å². The van der Waals surface area contributed by atoms with E-state index in [1.807, 2.05) is 38.1 Å². The van der Waals surface area contributed by atoms with Gasteiger partial charge in [-0.1, -0.05) is 0 Å². The normalized spacial score (nSPS) is 14.4. The van der Waals surface area contributed by atoms with E-state index in [1.54, 1.807) is 28.2 Å². The van der Waals surface area contributed by atoms with Gasteiger partial charge in [-0.15, -0.1) is 0 Å². The van der Waals surface area contributed by atoms with E-state index in [1.165, 1.54) is 4.80 Å². The third-order valence-corrected chi connectivity index (χ3v) is 5.26. The Bertz CT molecular complexity index is 1080. The van der Waals surface area contributed by atoms with Crippen LogP contribution in [0.5, 0.6) is 5.75 Å². The van der Waals surface area contributed by atoms with Crippen molar-refractivity contribution in [2.45, 2.75) is 45.4 Å². The lowest BCUT2D eigenvalue weighted by atomic mass is 10.1. The number of amides is 1. The number of nitriles is 1. The first kappa shape index (κ1) is 21.4. The molecule has 1 saturated heterocycles. The fraction of sp³-hybridized carbons (Fsp3) is 0.409. The fourth-order valence-corrected chi connectivity index (χ4v) is 3.66. The quantitative estimate of drug-likeness (QED) is 0.585. The molecule has 166 valence electrons. The Hall–Kier alpha value is -3.87. The zero-order valence-corrected chi connectivity index (χ0v) is 18.1. The van der Waals surface area contributed by atoms with E-state index in [4.69, 9.17) is 9.47 Å². The molecule has 0 bridgehead atoms. The predicted octanol–water partition coefficient (Wildman–Crippen LogP) is 3.10. The maximum Gasteiger partial charge on any atom is 0.410 e. The maximum atomic E-state index is 12.1. The summed E-state index contributed by atoms with van der Waals surface area (Å²) in [4.78, 5) is 15.3. The summed E-state index contributed by atoms with van der Waals surface area (Å²) in [5.41, 5.74) is 2.05. The molecule has 1 amide bonds. The minimum atomic E-state index is -0.289. The van der Waals surface area contributed by atoms with E-state index in [9.17, 15) is 10.1 Å². The van der Waals surface area contributed by atoms with Crippen molar-refractivity contribution in [2.24, 2.45) is 0 Å². The third kappa shape index (κ3) is 4.72. The van der Waals surface area contributed by atoms with Gasteiger partial charge in [0.15, 0.2) is 0 Å². The van der Waals surface area contributed by atoms with Gasteiger partial charge in [0.05, 0.1) is 36.4 Å². The zero-order valence-electron chi connectivity index (χ0n) is 18.1. The molecule has 0 N–H and O–H groups in total. The number of ether oxygens (including phenoxy) is 2. The topological polar surface area (TPSA) is 111 Å². The van der Waals surface area contributed by atoms with Crippen molar-refractivity contribution in [1.29, 1.82) is 5.26 Å². The number of hydrogen-bond acceptors (Lipinski definition) is 7. The lowest BCUT2D eigenvalue weighted by molar-refractivity contribution is 0.0652. The van der Waals surface area contributed by atoms with Gasteiger partial charge in [-0.25, -0.2) is 4.79 Å². The van der Waals surface area contributed by atoms with Crippen LogP contribution in [0.1, 0.15) is 44.0 Å². The molecule has 1 aromatic carbocycles. The smallest absolute Gasteiger partial charge is 0.410 e. The van der Waals surface area contributed by atoms with Crippen molar-refractivity contribution in [1.82, 2.24) is 29.7 Å². The Morgan fingerprint density at radius 3 is 2.47 bits per heavy atom. The molecular formula is C22H25N7O3. The number of nitrogens with zero attached hydrogens (tertiary/aromatic N) is 7. The summed E-state index contributed by atoms with van der Waals surface area (Å²) >= 11 is 0. The lowest BCUT2D eigenvalue weighted by Gasteiger charge is -2.32. The van der Waals surface area contributed by atoms with Crippen LogP contribution in [0.4, 0.5) is 4.79 Å². The highest BCUT2D eigenvalue weighted by atomic mass is 16.6. The summed E-state index contributed by atoms with van der Waals surface area (Å²) in [5.74, 6) is 0.675. The first-order chi connectivity index (χ1) is 15.5. The summed E-state index contributed by atoms with van der Waals surface area (Å²) in [5, 5.41) is 22.4. The van der Waals surface area contributed by atoms with Crippen molar-refractivity contribution < 1.29 is 14.3 Å². The predicted molar refractivity (Wildman–Crippen MR) is 114 cm³/mol.